The van der Waals surface area contributed by atoms with Gasteiger partial charge in [-0.1, -0.05) is 32.6 Å². The van der Waals surface area contributed by atoms with Gasteiger partial charge in [-0.2, -0.15) is 0 Å². The van der Waals surface area contributed by atoms with Gasteiger partial charge < -0.3 is 9.72 Å². The molecule has 2 aromatic rings. The lowest BCUT2D eigenvalue weighted by molar-refractivity contribution is 0.0933. The van der Waals surface area contributed by atoms with Crippen molar-refractivity contribution in [3.8, 4) is 0 Å². The summed E-state index contributed by atoms with van der Waals surface area (Å²) in [6.07, 6.45) is 10.1. The lowest BCUT2D eigenvalue weighted by Crippen LogP contribution is -2.34. The molecule has 118 valence electrons. The van der Waals surface area contributed by atoms with Gasteiger partial charge in [0.05, 0.1) is 11.3 Å². The van der Waals surface area contributed by atoms with E-state index >= 15 is 0 Å². The molecule has 0 bridgehead atoms. The molecule has 1 amide bonds. The fourth-order valence-corrected chi connectivity index (χ4v) is 3.37. The third-order valence-electron chi connectivity index (χ3n) is 4.74. The molecule has 0 saturated heterocycles. The van der Waals surface area contributed by atoms with E-state index in [9.17, 15) is 4.79 Å². The molecule has 2 aromatic heterocycles. The Bertz CT molecular complexity index is 666. The number of pyridine rings is 1. The number of hydrogen-bond acceptors (Lipinski definition) is 2. The van der Waals surface area contributed by atoms with Crippen molar-refractivity contribution in [3.63, 3.8) is 0 Å². The normalized spacial score (nSPS) is 16.6. The second-order valence-electron chi connectivity index (χ2n) is 6.31. The van der Waals surface area contributed by atoms with Gasteiger partial charge in [0.25, 0.3) is 5.91 Å². The molecule has 22 heavy (non-hydrogen) atoms. The fraction of sp³-hybridized carbons (Fsp3) is 0.556. The van der Waals surface area contributed by atoms with Crippen molar-refractivity contribution in [2.45, 2.75) is 64.8 Å². The first-order valence-corrected chi connectivity index (χ1v) is 8.47. The van der Waals surface area contributed by atoms with Crippen molar-refractivity contribution in [2.75, 3.05) is 0 Å². The molecular formula is C18H25N3O. The SMILES string of the molecule is CCc1nc2ccc(C(=O)NC3CCCCCC3)cn2c1C. The van der Waals surface area contributed by atoms with Crippen LogP contribution in [-0.2, 0) is 6.42 Å². The molecule has 1 aliphatic rings. The molecule has 2 heterocycles. The average Bonchev–Trinajstić information content (AvgIpc) is 2.69. The molecule has 0 radical (unpaired) electrons. The molecule has 4 nitrogen and oxygen atoms in total. The van der Waals surface area contributed by atoms with E-state index in [1.807, 2.05) is 22.7 Å². The molecule has 0 aliphatic heterocycles. The van der Waals surface area contributed by atoms with Crippen LogP contribution in [0.1, 0.15) is 67.2 Å². The highest BCUT2D eigenvalue weighted by molar-refractivity contribution is 5.94. The van der Waals surface area contributed by atoms with Crippen molar-refractivity contribution in [3.05, 3.63) is 35.3 Å². The van der Waals surface area contributed by atoms with Gasteiger partial charge in [-0.25, -0.2) is 4.98 Å². The van der Waals surface area contributed by atoms with Gasteiger partial charge >= 0.3 is 0 Å². The van der Waals surface area contributed by atoms with Gasteiger partial charge in [-0.05, 0) is 38.3 Å². The van der Waals surface area contributed by atoms with Crippen LogP contribution in [0.5, 0.6) is 0 Å². The summed E-state index contributed by atoms with van der Waals surface area (Å²) in [5.41, 5.74) is 3.86. The predicted molar refractivity (Wildman–Crippen MR) is 88.3 cm³/mol. The van der Waals surface area contributed by atoms with Crippen LogP contribution in [-0.4, -0.2) is 21.3 Å². The Morgan fingerprint density at radius 1 is 1.27 bits per heavy atom. The van der Waals surface area contributed by atoms with Crippen LogP contribution in [0, 0.1) is 6.92 Å². The molecule has 0 atom stereocenters. The van der Waals surface area contributed by atoms with Crippen molar-refractivity contribution < 1.29 is 4.79 Å². The van der Waals surface area contributed by atoms with Crippen molar-refractivity contribution in [1.29, 1.82) is 0 Å². The summed E-state index contributed by atoms with van der Waals surface area (Å²) >= 11 is 0. The highest BCUT2D eigenvalue weighted by Gasteiger charge is 2.16. The van der Waals surface area contributed by atoms with Crippen LogP contribution in [0.3, 0.4) is 0 Å². The predicted octanol–water partition coefficient (Wildman–Crippen LogP) is 3.66. The monoisotopic (exact) mass is 299 g/mol. The molecule has 4 heteroatoms. The van der Waals surface area contributed by atoms with Gasteiger partial charge in [0.1, 0.15) is 5.65 Å². The van der Waals surface area contributed by atoms with Crippen LogP contribution in [0.4, 0.5) is 0 Å². The van der Waals surface area contributed by atoms with E-state index in [-0.39, 0.29) is 5.91 Å². The van der Waals surface area contributed by atoms with E-state index in [1.54, 1.807) is 0 Å². The largest absolute Gasteiger partial charge is 0.349 e. The smallest absolute Gasteiger partial charge is 0.252 e. The van der Waals surface area contributed by atoms with Crippen LogP contribution >= 0.6 is 0 Å². The second kappa shape index (κ2) is 6.51. The number of carbonyl (C=O) groups excluding carboxylic acids is 1. The zero-order valence-corrected chi connectivity index (χ0v) is 13.6. The summed E-state index contributed by atoms with van der Waals surface area (Å²) < 4.78 is 2.03. The zero-order valence-electron chi connectivity index (χ0n) is 13.6. The van der Waals surface area contributed by atoms with E-state index < -0.39 is 0 Å². The lowest BCUT2D eigenvalue weighted by Gasteiger charge is -2.16. The lowest BCUT2D eigenvalue weighted by atomic mass is 10.1. The van der Waals surface area contributed by atoms with Crippen LogP contribution in [0.2, 0.25) is 0 Å². The molecule has 3 rings (SSSR count). The van der Waals surface area contributed by atoms with Gasteiger partial charge in [0, 0.05) is 17.9 Å². The maximum Gasteiger partial charge on any atom is 0.252 e. The minimum atomic E-state index is 0.0416. The molecule has 0 unspecified atom stereocenters. The number of nitrogens with one attached hydrogen (secondary N) is 1. The number of amides is 1. The molecule has 1 aliphatic carbocycles. The van der Waals surface area contributed by atoms with Crippen LogP contribution in [0.25, 0.3) is 5.65 Å². The standard InChI is InChI=1S/C18H25N3O/c1-3-16-13(2)21-12-14(10-11-17(21)20-16)18(22)19-15-8-6-4-5-7-9-15/h10-12,15H,3-9H2,1-2H3,(H,19,22). The minimum Gasteiger partial charge on any atom is -0.349 e. The Balaban J connectivity index is 1.79. The Morgan fingerprint density at radius 3 is 2.68 bits per heavy atom. The number of aromatic nitrogens is 2. The van der Waals surface area contributed by atoms with Gasteiger partial charge in [0.2, 0.25) is 0 Å². The van der Waals surface area contributed by atoms with E-state index in [2.05, 4.69) is 24.1 Å². The van der Waals surface area contributed by atoms with Crippen molar-refractivity contribution in [1.82, 2.24) is 14.7 Å². The summed E-state index contributed by atoms with van der Waals surface area (Å²) in [6, 6.07) is 4.15. The Kier molecular flexibility index (Phi) is 4.46. The summed E-state index contributed by atoms with van der Waals surface area (Å²) in [5.74, 6) is 0.0416. The minimum absolute atomic E-state index is 0.0416. The Labute approximate surface area is 131 Å². The van der Waals surface area contributed by atoms with Gasteiger partial charge in [-0.15, -0.1) is 0 Å². The van der Waals surface area contributed by atoms with E-state index in [0.717, 1.165) is 41.9 Å². The van der Waals surface area contributed by atoms with Gasteiger partial charge in [-0.3, -0.25) is 4.79 Å². The van der Waals surface area contributed by atoms with Crippen molar-refractivity contribution >= 4 is 11.6 Å². The van der Waals surface area contributed by atoms with E-state index in [4.69, 9.17) is 0 Å². The van der Waals surface area contributed by atoms with Crippen LogP contribution in [0.15, 0.2) is 18.3 Å². The third kappa shape index (κ3) is 3.01. The maximum absolute atomic E-state index is 12.5. The number of rotatable bonds is 3. The molecule has 0 spiro atoms. The Hall–Kier alpha value is -1.84. The quantitative estimate of drug-likeness (QED) is 0.879. The van der Waals surface area contributed by atoms with E-state index in [1.165, 1.54) is 25.7 Å². The first kappa shape index (κ1) is 15.1. The number of imidazole rings is 1. The first-order valence-electron chi connectivity index (χ1n) is 8.47. The van der Waals surface area contributed by atoms with Crippen LogP contribution < -0.4 is 5.32 Å². The average molecular weight is 299 g/mol. The van der Waals surface area contributed by atoms with Gasteiger partial charge in [0.15, 0.2) is 0 Å². The van der Waals surface area contributed by atoms with Crippen molar-refractivity contribution in [2.24, 2.45) is 0 Å². The topological polar surface area (TPSA) is 46.4 Å². The fourth-order valence-electron chi connectivity index (χ4n) is 3.37. The first-order chi connectivity index (χ1) is 10.7. The Morgan fingerprint density at radius 2 is 2.00 bits per heavy atom. The second-order valence-corrected chi connectivity index (χ2v) is 6.31. The number of aryl methyl sites for hydroxylation is 2. The highest BCUT2D eigenvalue weighted by atomic mass is 16.1. The number of hydrogen-bond donors (Lipinski definition) is 1. The number of nitrogens with zero attached hydrogens (tertiary/aromatic N) is 2. The molecular weight excluding hydrogens is 274 g/mol. The van der Waals surface area contributed by atoms with E-state index in [0.29, 0.717) is 6.04 Å². The molecule has 1 saturated carbocycles. The number of carbonyl (C=O) groups is 1. The summed E-state index contributed by atoms with van der Waals surface area (Å²) in [5, 5.41) is 3.21. The summed E-state index contributed by atoms with van der Waals surface area (Å²) in [7, 11) is 0. The molecule has 0 aromatic carbocycles. The molecule has 1 fully saturated rings. The highest BCUT2D eigenvalue weighted by Crippen LogP contribution is 2.18. The summed E-state index contributed by atoms with van der Waals surface area (Å²) in [6.45, 7) is 4.17. The third-order valence-corrected chi connectivity index (χ3v) is 4.74. The maximum atomic E-state index is 12.5. The summed E-state index contributed by atoms with van der Waals surface area (Å²) in [4.78, 5) is 17.1. The molecule has 1 N–H and O–H groups in total. The zero-order chi connectivity index (χ0) is 15.5. The number of fused-ring (bicyclic) bond motifs is 1.